The molecule has 0 atom stereocenters. The van der Waals surface area contributed by atoms with Gasteiger partial charge < -0.3 is 0 Å². The second-order valence-corrected chi connectivity index (χ2v) is 5.02. The van der Waals surface area contributed by atoms with Gasteiger partial charge in [0.2, 0.25) is 12.4 Å². The number of nitrogens with zero attached hydrogens (tertiary/aromatic N) is 4. The van der Waals surface area contributed by atoms with Crippen molar-refractivity contribution in [2.24, 2.45) is 9.98 Å². The normalized spacial score (nSPS) is 17.7. The van der Waals surface area contributed by atoms with Crippen molar-refractivity contribution in [1.82, 2.24) is 0 Å². The highest BCUT2D eigenvalue weighted by molar-refractivity contribution is 6.30. The lowest BCUT2D eigenvalue weighted by atomic mass is 9.93. The van der Waals surface area contributed by atoms with E-state index in [9.17, 15) is 0 Å². The van der Waals surface area contributed by atoms with Crippen LogP contribution in [0.4, 0.5) is 0 Å². The molecule has 0 fully saturated rings. The molecule has 4 rings (SSSR count). The first kappa shape index (κ1) is 12.3. The minimum Gasteiger partial charge on any atom is -0.173 e. The molecule has 0 unspecified atom stereocenters. The lowest BCUT2D eigenvalue weighted by Gasteiger charge is -2.11. The highest BCUT2D eigenvalue weighted by Gasteiger charge is 2.21. The Hall–Kier alpha value is -3.50. The summed E-state index contributed by atoms with van der Waals surface area (Å²) in [4.78, 5) is 7.84. The molecule has 0 radical (unpaired) electrons. The highest BCUT2D eigenvalue weighted by atomic mass is 14.7. The smallest absolute Gasteiger partial charge is 0.173 e. The Balaban J connectivity index is 2.23. The number of benzene rings is 2. The van der Waals surface area contributed by atoms with Gasteiger partial charge in [-0.3, -0.25) is 0 Å². The molecule has 2 aliphatic carbocycles. The SMILES string of the molecule is N#CN=C1C=CC(=NC#N)c2ccc3c4c(ccc1c24)C=C3. The van der Waals surface area contributed by atoms with E-state index in [0.29, 0.717) is 11.4 Å². The average Bonchev–Trinajstić information content (AvgIpc) is 2.90. The van der Waals surface area contributed by atoms with E-state index in [4.69, 9.17) is 10.5 Å². The molecular weight excluding hydrogens is 272 g/mol. The van der Waals surface area contributed by atoms with Gasteiger partial charge in [-0.1, -0.05) is 36.4 Å². The number of aliphatic imine (C=N–C) groups is 2. The lowest BCUT2D eigenvalue weighted by molar-refractivity contribution is 1.44. The van der Waals surface area contributed by atoms with E-state index in [2.05, 4.69) is 22.1 Å². The lowest BCUT2D eigenvalue weighted by Crippen LogP contribution is -2.00. The van der Waals surface area contributed by atoms with Crippen molar-refractivity contribution in [3.8, 4) is 12.4 Å². The molecule has 4 heteroatoms. The number of hydrogen-bond acceptors (Lipinski definition) is 4. The quantitative estimate of drug-likeness (QED) is 0.592. The third-order valence-corrected chi connectivity index (χ3v) is 3.96. The van der Waals surface area contributed by atoms with Crippen molar-refractivity contribution in [2.75, 3.05) is 0 Å². The number of hydrogen-bond donors (Lipinski definition) is 0. The summed E-state index contributed by atoms with van der Waals surface area (Å²) in [5, 5.41) is 20.0. The Morgan fingerprint density at radius 3 is 1.59 bits per heavy atom. The van der Waals surface area contributed by atoms with Gasteiger partial charge in [0.05, 0.1) is 11.4 Å². The van der Waals surface area contributed by atoms with Crippen LogP contribution in [0.25, 0.3) is 22.9 Å². The zero-order valence-electron chi connectivity index (χ0n) is 11.4. The zero-order valence-corrected chi connectivity index (χ0v) is 11.4. The third-order valence-electron chi connectivity index (χ3n) is 3.96. The molecular formula is C18H8N4. The molecule has 0 aromatic heterocycles. The summed E-state index contributed by atoms with van der Waals surface area (Å²) in [6, 6.07) is 8.00. The van der Waals surface area contributed by atoms with E-state index in [-0.39, 0.29) is 0 Å². The fourth-order valence-electron chi connectivity index (χ4n) is 3.07. The van der Waals surface area contributed by atoms with Gasteiger partial charge in [-0.2, -0.15) is 20.5 Å². The molecule has 4 nitrogen and oxygen atoms in total. The van der Waals surface area contributed by atoms with Gasteiger partial charge in [0, 0.05) is 16.5 Å². The molecule has 2 aromatic carbocycles. The highest BCUT2D eigenvalue weighted by Crippen LogP contribution is 2.37. The molecule has 0 saturated heterocycles. The van der Waals surface area contributed by atoms with Crippen molar-refractivity contribution < 1.29 is 0 Å². The van der Waals surface area contributed by atoms with Crippen LogP contribution in [-0.2, 0) is 0 Å². The summed E-state index contributed by atoms with van der Waals surface area (Å²) in [5.74, 6) is 0. The van der Waals surface area contributed by atoms with Crippen LogP contribution in [0.3, 0.4) is 0 Å². The predicted octanol–water partition coefficient (Wildman–Crippen LogP) is 3.43. The van der Waals surface area contributed by atoms with Gasteiger partial charge in [-0.25, -0.2) is 0 Å². The fourth-order valence-corrected chi connectivity index (χ4v) is 3.07. The van der Waals surface area contributed by atoms with Crippen LogP contribution in [-0.4, -0.2) is 11.4 Å². The van der Waals surface area contributed by atoms with Crippen LogP contribution in [0.1, 0.15) is 22.3 Å². The molecule has 0 spiro atoms. The molecule has 100 valence electrons. The molecule has 0 heterocycles. The fraction of sp³-hybridized carbons (Fsp3) is 0. The molecule has 2 aromatic rings. The topological polar surface area (TPSA) is 72.3 Å². The van der Waals surface area contributed by atoms with E-state index < -0.39 is 0 Å². The van der Waals surface area contributed by atoms with Crippen LogP contribution in [0.2, 0.25) is 0 Å². The first-order valence-electron chi connectivity index (χ1n) is 6.73. The second kappa shape index (κ2) is 4.51. The Morgan fingerprint density at radius 2 is 1.14 bits per heavy atom. The van der Waals surface area contributed by atoms with E-state index in [1.54, 1.807) is 12.2 Å². The van der Waals surface area contributed by atoms with Gasteiger partial charge >= 0.3 is 0 Å². The molecule has 0 bridgehead atoms. The van der Waals surface area contributed by atoms with Gasteiger partial charge in [0.15, 0.2) is 0 Å². The molecule has 0 amide bonds. The van der Waals surface area contributed by atoms with Crippen LogP contribution in [0, 0.1) is 22.9 Å². The van der Waals surface area contributed by atoms with Crippen LogP contribution >= 0.6 is 0 Å². The molecule has 0 N–H and O–H groups in total. The van der Waals surface area contributed by atoms with Crippen LogP contribution < -0.4 is 0 Å². The Labute approximate surface area is 126 Å². The Kier molecular flexibility index (Phi) is 2.51. The molecule has 0 saturated carbocycles. The minimum atomic E-state index is 0.586. The monoisotopic (exact) mass is 280 g/mol. The van der Waals surface area contributed by atoms with Crippen molar-refractivity contribution >= 4 is 34.3 Å². The summed E-state index contributed by atoms with van der Waals surface area (Å²) in [6.07, 6.45) is 11.3. The largest absolute Gasteiger partial charge is 0.206 e. The summed E-state index contributed by atoms with van der Waals surface area (Å²) in [7, 11) is 0. The second-order valence-electron chi connectivity index (χ2n) is 5.02. The summed E-state index contributed by atoms with van der Waals surface area (Å²) >= 11 is 0. The summed E-state index contributed by atoms with van der Waals surface area (Å²) in [6.45, 7) is 0. The molecule has 0 aliphatic heterocycles. The summed E-state index contributed by atoms with van der Waals surface area (Å²) < 4.78 is 0. The van der Waals surface area contributed by atoms with Crippen molar-refractivity contribution in [3.05, 3.63) is 58.7 Å². The van der Waals surface area contributed by atoms with Gasteiger partial charge in [0.25, 0.3) is 0 Å². The van der Waals surface area contributed by atoms with Crippen molar-refractivity contribution in [3.63, 3.8) is 0 Å². The number of allylic oxidation sites excluding steroid dienone is 2. The van der Waals surface area contributed by atoms with E-state index in [0.717, 1.165) is 33.0 Å². The Bertz CT molecular complexity index is 959. The maximum absolute atomic E-state index is 8.94. The van der Waals surface area contributed by atoms with Gasteiger partial charge in [0.1, 0.15) is 0 Å². The minimum absolute atomic E-state index is 0.586. The number of rotatable bonds is 0. The Morgan fingerprint density at radius 1 is 0.636 bits per heavy atom. The first-order valence-corrected chi connectivity index (χ1v) is 6.73. The standard InChI is InChI=1S/C18H8N4/c19-9-21-15-7-8-16(22-10-20)14-6-4-12-2-1-11-3-5-13(15)18(14)17(11)12/h1-8H. The van der Waals surface area contributed by atoms with Gasteiger partial charge in [-0.05, 0) is 28.7 Å². The van der Waals surface area contributed by atoms with Crippen LogP contribution in [0.5, 0.6) is 0 Å². The summed E-state index contributed by atoms with van der Waals surface area (Å²) in [5.41, 5.74) is 5.21. The van der Waals surface area contributed by atoms with E-state index in [1.165, 1.54) is 0 Å². The van der Waals surface area contributed by atoms with E-state index >= 15 is 0 Å². The zero-order chi connectivity index (χ0) is 15.1. The molecule has 22 heavy (non-hydrogen) atoms. The number of nitriles is 2. The first-order chi connectivity index (χ1) is 10.8. The van der Waals surface area contributed by atoms with Gasteiger partial charge in [-0.15, -0.1) is 0 Å². The maximum atomic E-state index is 8.94. The van der Waals surface area contributed by atoms with Crippen molar-refractivity contribution in [1.29, 1.82) is 10.5 Å². The van der Waals surface area contributed by atoms with Crippen LogP contribution in [0.15, 0.2) is 46.4 Å². The average molecular weight is 280 g/mol. The predicted molar refractivity (Wildman–Crippen MR) is 86.3 cm³/mol. The van der Waals surface area contributed by atoms with E-state index in [1.807, 2.05) is 36.7 Å². The van der Waals surface area contributed by atoms with Crippen molar-refractivity contribution in [2.45, 2.75) is 0 Å². The third kappa shape index (κ3) is 1.55. The molecule has 2 aliphatic rings. The maximum Gasteiger partial charge on any atom is 0.206 e.